The second-order valence-electron chi connectivity index (χ2n) is 4.96. The number of amides is 1. The van der Waals surface area contributed by atoms with E-state index in [0.717, 1.165) is 4.57 Å². The van der Waals surface area contributed by atoms with Gasteiger partial charge in [0.05, 0.1) is 22.4 Å². The van der Waals surface area contributed by atoms with Gasteiger partial charge in [0, 0.05) is 6.92 Å². The zero-order valence-corrected chi connectivity index (χ0v) is 12.1. The summed E-state index contributed by atoms with van der Waals surface area (Å²) in [5, 5.41) is 2.55. The van der Waals surface area contributed by atoms with E-state index in [1.165, 1.54) is 19.1 Å². The maximum absolute atomic E-state index is 13.4. The van der Waals surface area contributed by atoms with Crippen LogP contribution in [0, 0.1) is 0 Å². The van der Waals surface area contributed by atoms with Gasteiger partial charge in [-0.05, 0) is 24.3 Å². The van der Waals surface area contributed by atoms with Crippen molar-refractivity contribution < 1.29 is 18.0 Å². The van der Waals surface area contributed by atoms with Crippen LogP contribution < -0.4 is 5.32 Å². The van der Waals surface area contributed by atoms with Gasteiger partial charge in [-0.25, -0.2) is 4.98 Å². The Kier molecular flexibility index (Phi) is 3.55. The third kappa shape index (κ3) is 2.77. The van der Waals surface area contributed by atoms with Crippen LogP contribution in [0.15, 0.2) is 48.5 Å². The molecule has 1 N–H and O–H groups in total. The van der Waals surface area contributed by atoms with Crippen LogP contribution >= 0.6 is 0 Å². The fourth-order valence-corrected chi connectivity index (χ4v) is 2.42. The predicted molar refractivity (Wildman–Crippen MR) is 80.4 cm³/mol. The summed E-state index contributed by atoms with van der Waals surface area (Å²) < 4.78 is 41.2. The SMILES string of the molecule is CC(=O)Nc1ccccc1-n1c(C(F)(F)F)nc2ccccc21. The second-order valence-corrected chi connectivity index (χ2v) is 4.96. The van der Waals surface area contributed by atoms with Crippen LogP contribution in [-0.2, 0) is 11.0 Å². The predicted octanol–water partition coefficient (Wildman–Crippen LogP) is 4.00. The lowest BCUT2D eigenvalue weighted by atomic mass is 10.2. The second kappa shape index (κ2) is 5.42. The van der Waals surface area contributed by atoms with Crippen molar-refractivity contribution in [2.75, 3.05) is 5.32 Å². The molecule has 7 heteroatoms. The third-order valence-corrected chi connectivity index (χ3v) is 3.27. The molecule has 0 bridgehead atoms. The van der Waals surface area contributed by atoms with E-state index < -0.39 is 12.0 Å². The average Bonchev–Trinajstić information content (AvgIpc) is 2.87. The standard InChI is InChI=1S/C16H12F3N3O/c1-10(23)20-11-6-2-4-8-13(11)22-14-9-5-3-7-12(14)21-15(22)16(17,18)19/h2-9H,1H3,(H,20,23). The number of benzene rings is 2. The van der Waals surface area contributed by atoms with Gasteiger partial charge in [0.1, 0.15) is 0 Å². The van der Waals surface area contributed by atoms with Crippen molar-refractivity contribution in [2.24, 2.45) is 0 Å². The Hall–Kier alpha value is -2.83. The molecule has 1 aromatic heterocycles. The number of rotatable bonds is 2. The van der Waals surface area contributed by atoms with Crippen LogP contribution in [0.25, 0.3) is 16.7 Å². The molecule has 0 aliphatic heterocycles. The van der Waals surface area contributed by atoms with Gasteiger partial charge in [0.2, 0.25) is 11.7 Å². The first kappa shape index (κ1) is 15.1. The molecule has 0 saturated heterocycles. The minimum absolute atomic E-state index is 0.212. The highest BCUT2D eigenvalue weighted by Crippen LogP contribution is 2.35. The highest BCUT2D eigenvalue weighted by Gasteiger charge is 2.38. The number of carbonyl (C=O) groups is 1. The molecule has 3 aromatic rings. The molecule has 1 heterocycles. The van der Waals surface area contributed by atoms with Gasteiger partial charge in [0.15, 0.2) is 0 Å². The van der Waals surface area contributed by atoms with E-state index in [4.69, 9.17) is 0 Å². The van der Waals surface area contributed by atoms with Crippen molar-refractivity contribution in [3.63, 3.8) is 0 Å². The lowest BCUT2D eigenvalue weighted by molar-refractivity contribution is -0.145. The summed E-state index contributed by atoms with van der Waals surface area (Å²) in [5.74, 6) is -1.40. The number of halogens is 3. The largest absolute Gasteiger partial charge is 0.450 e. The maximum atomic E-state index is 13.4. The van der Waals surface area contributed by atoms with Gasteiger partial charge in [-0.3, -0.25) is 9.36 Å². The average molecular weight is 319 g/mol. The number of fused-ring (bicyclic) bond motifs is 1. The van der Waals surface area contributed by atoms with E-state index >= 15 is 0 Å². The number of carbonyl (C=O) groups excluding carboxylic acids is 1. The van der Waals surface area contributed by atoms with Crippen molar-refractivity contribution in [1.29, 1.82) is 0 Å². The first-order valence-corrected chi connectivity index (χ1v) is 6.79. The molecule has 0 unspecified atom stereocenters. The Labute approximate surface area is 129 Å². The van der Waals surface area contributed by atoms with E-state index in [-0.39, 0.29) is 22.8 Å². The van der Waals surface area contributed by atoms with Crippen molar-refractivity contribution in [1.82, 2.24) is 9.55 Å². The lowest BCUT2D eigenvalue weighted by Crippen LogP contribution is -2.16. The lowest BCUT2D eigenvalue weighted by Gasteiger charge is -2.15. The van der Waals surface area contributed by atoms with Gasteiger partial charge >= 0.3 is 6.18 Å². The quantitative estimate of drug-likeness (QED) is 0.776. The number of alkyl halides is 3. The molecule has 4 nitrogen and oxygen atoms in total. The topological polar surface area (TPSA) is 46.9 Å². The molecular weight excluding hydrogens is 307 g/mol. The van der Waals surface area contributed by atoms with Crippen LogP contribution in [0.2, 0.25) is 0 Å². The summed E-state index contributed by atoms with van der Waals surface area (Å²) in [6, 6.07) is 12.6. The molecule has 3 rings (SSSR count). The van der Waals surface area contributed by atoms with E-state index in [1.807, 2.05) is 0 Å². The summed E-state index contributed by atoms with van der Waals surface area (Å²) in [6.45, 7) is 1.30. The van der Waals surface area contributed by atoms with Crippen LogP contribution in [0.4, 0.5) is 18.9 Å². The molecule has 1 amide bonds. The summed E-state index contributed by atoms with van der Waals surface area (Å²) >= 11 is 0. The number of para-hydroxylation sites is 4. The molecule has 118 valence electrons. The molecule has 0 aliphatic rings. The smallest absolute Gasteiger partial charge is 0.325 e. The van der Waals surface area contributed by atoms with Gasteiger partial charge in [-0.15, -0.1) is 0 Å². The first-order chi connectivity index (χ1) is 10.9. The van der Waals surface area contributed by atoms with E-state index in [2.05, 4.69) is 10.3 Å². The van der Waals surface area contributed by atoms with Gasteiger partial charge in [0.25, 0.3) is 0 Å². The number of hydrogen-bond acceptors (Lipinski definition) is 2. The Morgan fingerprint density at radius 2 is 1.74 bits per heavy atom. The Bertz CT molecular complexity index is 884. The van der Waals surface area contributed by atoms with Gasteiger partial charge in [-0.2, -0.15) is 13.2 Å². The van der Waals surface area contributed by atoms with Crippen LogP contribution in [0.1, 0.15) is 12.7 Å². The number of imidazole rings is 1. The normalized spacial score (nSPS) is 11.7. The van der Waals surface area contributed by atoms with Crippen LogP contribution in [0.3, 0.4) is 0 Å². The fourth-order valence-electron chi connectivity index (χ4n) is 2.42. The van der Waals surface area contributed by atoms with Crippen molar-refractivity contribution >= 4 is 22.6 Å². The van der Waals surface area contributed by atoms with Crippen LogP contribution in [0.5, 0.6) is 0 Å². The molecule has 0 fully saturated rings. The fraction of sp³-hybridized carbons (Fsp3) is 0.125. The highest BCUT2D eigenvalue weighted by molar-refractivity contribution is 5.92. The minimum atomic E-state index is -4.62. The zero-order chi connectivity index (χ0) is 16.6. The number of anilines is 1. The minimum Gasteiger partial charge on any atom is -0.325 e. The number of hydrogen-bond donors (Lipinski definition) is 1. The molecule has 0 saturated carbocycles. The van der Waals surface area contributed by atoms with Crippen molar-refractivity contribution in [2.45, 2.75) is 13.1 Å². The Morgan fingerprint density at radius 3 is 2.43 bits per heavy atom. The molecule has 0 spiro atoms. The summed E-state index contributed by atoms with van der Waals surface area (Å²) in [6.07, 6.45) is -4.62. The molecular formula is C16H12F3N3O. The number of aromatic nitrogens is 2. The Balaban J connectivity index is 2.34. The van der Waals surface area contributed by atoms with Crippen molar-refractivity contribution in [3.8, 4) is 5.69 Å². The molecule has 2 aromatic carbocycles. The van der Waals surface area contributed by atoms with Crippen molar-refractivity contribution in [3.05, 3.63) is 54.4 Å². The first-order valence-electron chi connectivity index (χ1n) is 6.79. The summed E-state index contributed by atoms with van der Waals surface area (Å²) in [7, 11) is 0. The van der Waals surface area contributed by atoms with E-state index in [0.29, 0.717) is 5.52 Å². The van der Waals surface area contributed by atoms with Gasteiger partial charge in [-0.1, -0.05) is 24.3 Å². The monoisotopic (exact) mass is 319 g/mol. The molecule has 0 atom stereocenters. The van der Waals surface area contributed by atoms with E-state index in [1.54, 1.807) is 36.4 Å². The molecule has 23 heavy (non-hydrogen) atoms. The summed E-state index contributed by atoms with van der Waals surface area (Å²) in [5.41, 5.74) is 1.05. The number of nitrogens with zero attached hydrogens (tertiary/aromatic N) is 2. The molecule has 0 aliphatic carbocycles. The third-order valence-electron chi connectivity index (χ3n) is 3.27. The molecule has 0 radical (unpaired) electrons. The Morgan fingerprint density at radius 1 is 1.09 bits per heavy atom. The van der Waals surface area contributed by atoms with Gasteiger partial charge < -0.3 is 5.32 Å². The maximum Gasteiger partial charge on any atom is 0.450 e. The number of nitrogens with one attached hydrogen (secondary N) is 1. The zero-order valence-electron chi connectivity index (χ0n) is 12.1. The van der Waals surface area contributed by atoms with Crippen LogP contribution in [-0.4, -0.2) is 15.5 Å². The highest BCUT2D eigenvalue weighted by atomic mass is 19.4. The summed E-state index contributed by atoms with van der Waals surface area (Å²) in [4.78, 5) is 15.0. The van der Waals surface area contributed by atoms with E-state index in [9.17, 15) is 18.0 Å².